The van der Waals surface area contributed by atoms with Gasteiger partial charge in [0.2, 0.25) is 5.91 Å². The molecule has 0 spiro atoms. The number of carbonyl (C=O) groups excluding carboxylic acids is 1. The van der Waals surface area contributed by atoms with Crippen molar-refractivity contribution in [1.82, 2.24) is 14.8 Å². The molecule has 1 unspecified atom stereocenters. The average molecular weight is 323 g/mol. The maximum atomic E-state index is 12.5. The van der Waals surface area contributed by atoms with Crippen LogP contribution in [0, 0.1) is 0 Å². The molecular formula is C16H23ClN4O. The smallest absolute Gasteiger partial charge is 0.242 e. The van der Waals surface area contributed by atoms with E-state index < -0.39 is 0 Å². The van der Waals surface area contributed by atoms with Crippen molar-refractivity contribution in [3.05, 3.63) is 23.4 Å². The van der Waals surface area contributed by atoms with E-state index in [-0.39, 0.29) is 5.91 Å². The number of aromatic nitrogens is 1. The molecule has 3 heterocycles. The van der Waals surface area contributed by atoms with Crippen LogP contribution < -0.4 is 4.90 Å². The Bertz CT molecular complexity index is 521. The molecule has 3 rings (SSSR count). The number of nitrogens with zero attached hydrogens (tertiary/aromatic N) is 4. The largest absolute Gasteiger partial charge is 0.350 e. The molecule has 5 nitrogen and oxygen atoms in total. The van der Waals surface area contributed by atoms with Crippen LogP contribution in [0.25, 0.3) is 0 Å². The van der Waals surface area contributed by atoms with Crippen molar-refractivity contribution in [2.45, 2.75) is 25.3 Å². The van der Waals surface area contributed by atoms with Gasteiger partial charge in [-0.15, -0.1) is 0 Å². The molecule has 120 valence electrons. The Kier molecular flexibility index (Phi) is 4.84. The molecule has 1 atom stereocenters. The summed E-state index contributed by atoms with van der Waals surface area (Å²) in [6, 6.07) is 4.20. The highest BCUT2D eigenvalue weighted by molar-refractivity contribution is 6.30. The second kappa shape index (κ2) is 6.84. The number of fused-ring (bicyclic) bond motifs is 1. The van der Waals surface area contributed by atoms with Crippen LogP contribution in [0.5, 0.6) is 0 Å². The minimum atomic E-state index is 0.185. The van der Waals surface area contributed by atoms with Crippen molar-refractivity contribution in [2.24, 2.45) is 0 Å². The zero-order valence-corrected chi connectivity index (χ0v) is 13.8. The number of rotatable bonds is 3. The number of piperazine rings is 1. The first kappa shape index (κ1) is 15.6. The van der Waals surface area contributed by atoms with Gasteiger partial charge in [-0.05, 0) is 31.5 Å². The highest BCUT2D eigenvalue weighted by atomic mass is 35.5. The highest BCUT2D eigenvalue weighted by Gasteiger charge is 2.31. The van der Waals surface area contributed by atoms with Crippen LogP contribution in [-0.4, -0.2) is 66.5 Å². The lowest BCUT2D eigenvalue weighted by Gasteiger charge is -2.44. The topological polar surface area (TPSA) is 39.7 Å². The Morgan fingerprint density at radius 3 is 3.00 bits per heavy atom. The fourth-order valence-electron chi connectivity index (χ4n) is 3.36. The SMILES string of the molecule is CN(CC(=O)N1CCN2CCCCC2C1)c1ccc(Cl)cn1. The normalized spacial score (nSPS) is 22.3. The van der Waals surface area contributed by atoms with Crippen molar-refractivity contribution < 1.29 is 4.79 Å². The van der Waals surface area contributed by atoms with Gasteiger partial charge in [-0.25, -0.2) is 4.98 Å². The molecule has 0 bridgehead atoms. The van der Waals surface area contributed by atoms with E-state index in [4.69, 9.17) is 11.6 Å². The molecule has 2 fully saturated rings. The monoisotopic (exact) mass is 322 g/mol. The van der Waals surface area contributed by atoms with Gasteiger partial charge >= 0.3 is 0 Å². The molecule has 2 saturated heterocycles. The van der Waals surface area contributed by atoms with E-state index in [2.05, 4.69) is 9.88 Å². The molecule has 2 aliphatic rings. The molecule has 0 radical (unpaired) electrons. The molecule has 1 amide bonds. The standard InChI is InChI=1S/C16H23ClN4O/c1-19(15-6-5-13(17)10-18-15)12-16(22)21-9-8-20-7-3-2-4-14(20)11-21/h5-6,10,14H,2-4,7-9,11-12H2,1H3. The van der Waals surface area contributed by atoms with Gasteiger partial charge in [-0.2, -0.15) is 0 Å². The summed E-state index contributed by atoms with van der Waals surface area (Å²) in [5.41, 5.74) is 0. The van der Waals surface area contributed by atoms with Crippen LogP contribution in [-0.2, 0) is 4.79 Å². The lowest BCUT2D eigenvalue weighted by molar-refractivity contribution is -0.133. The Hall–Kier alpha value is -1.33. The summed E-state index contributed by atoms with van der Waals surface area (Å²) < 4.78 is 0. The first-order valence-corrected chi connectivity index (χ1v) is 8.36. The molecular weight excluding hydrogens is 300 g/mol. The molecule has 6 heteroatoms. The van der Waals surface area contributed by atoms with Gasteiger partial charge < -0.3 is 9.80 Å². The van der Waals surface area contributed by atoms with Gasteiger partial charge in [0, 0.05) is 38.9 Å². The maximum absolute atomic E-state index is 12.5. The van der Waals surface area contributed by atoms with E-state index >= 15 is 0 Å². The zero-order valence-electron chi connectivity index (χ0n) is 13.0. The van der Waals surface area contributed by atoms with E-state index in [1.165, 1.54) is 25.8 Å². The van der Waals surface area contributed by atoms with Crippen LogP contribution in [0.4, 0.5) is 5.82 Å². The molecule has 1 aromatic heterocycles. The Morgan fingerprint density at radius 2 is 2.23 bits per heavy atom. The van der Waals surface area contributed by atoms with Crippen LogP contribution in [0.15, 0.2) is 18.3 Å². The molecule has 22 heavy (non-hydrogen) atoms. The molecule has 0 aromatic carbocycles. The molecule has 1 aromatic rings. The molecule has 0 saturated carbocycles. The first-order valence-electron chi connectivity index (χ1n) is 7.98. The van der Waals surface area contributed by atoms with Crippen molar-refractivity contribution in [3.8, 4) is 0 Å². The van der Waals surface area contributed by atoms with Crippen molar-refractivity contribution >= 4 is 23.3 Å². The van der Waals surface area contributed by atoms with E-state index in [0.29, 0.717) is 17.6 Å². The third-order valence-corrected chi connectivity index (χ3v) is 4.89. The Balaban J connectivity index is 1.56. The summed E-state index contributed by atoms with van der Waals surface area (Å²) in [5.74, 6) is 0.957. The summed E-state index contributed by atoms with van der Waals surface area (Å²) in [6.45, 7) is 4.29. The number of carbonyl (C=O) groups is 1. The lowest BCUT2D eigenvalue weighted by Crippen LogP contribution is -2.57. The number of hydrogen-bond donors (Lipinski definition) is 0. The molecule has 0 N–H and O–H groups in total. The van der Waals surface area contributed by atoms with E-state index in [0.717, 1.165) is 25.5 Å². The number of pyridine rings is 1. The fourth-order valence-corrected chi connectivity index (χ4v) is 3.47. The predicted octanol–water partition coefficient (Wildman–Crippen LogP) is 1.87. The number of halogens is 1. The lowest BCUT2D eigenvalue weighted by atomic mass is 9.99. The summed E-state index contributed by atoms with van der Waals surface area (Å²) in [4.78, 5) is 23.2. The van der Waals surface area contributed by atoms with Gasteiger partial charge in [0.15, 0.2) is 0 Å². The van der Waals surface area contributed by atoms with E-state index in [1.54, 1.807) is 12.3 Å². The Labute approximate surface area is 136 Å². The number of likely N-dealkylation sites (N-methyl/N-ethyl adjacent to an activating group) is 1. The Morgan fingerprint density at radius 1 is 1.36 bits per heavy atom. The second-order valence-electron chi connectivity index (χ2n) is 6.22. The second-order valence-corrected chi connectivity index (χ2v) is 6.65. The summed E-state index contributed by atoms with van der Waals surface area (Å²) in [7, 11) is 1.89. The van der Waals surface area contributed by atoms with Gasteiger partial charge in [-0.3, -0.25) is 9.69 Å². The quantitative estimate of drug-likeness (QED) is 0.851. The number of piperidine rings is 1. The first-order chi connectivity index (χ1) is 10.6. The highest BCUT2D eigenvalue weighted by Crippen LogP contribution is 2.21. The van der Waals surface area contributed by atoms with Crippen LogP contribution in [0.3, 0.4) is 0 Å². The minimum absolute atomic E-state index is 0.185. The van der Waals surface area contributed by atoms with Gasteiger partial charge in [0.05, 0.1) is 11.6 Å². The summed E-state index contributed by atoms with van der Waals surface area (Å²) in [6.07, 6.45) is 5.42. The number of anilines is 1. The minimum Gasteiger partial charge on any atom is -0.350 e. The summed E-state index contributed by atoms with van der Waals surface area (Å²) >= 11 is 5.85. The van der Waals surface area contributed by atoms with Crippen LogP contribution >= 0.6 is 11.6 Å². The number of hydrogen-bond acceptors (Lipinski definition) is 4. The summed E-state index contributed by atoms with van der Waals surface area (Å²) in [5, 5.41) is 0.608. The maximum Gasteiger partial charge on any atom is 0.242 e. The van der Waals surface area contributed by atoms with Crippen LogP contribution in [0.1, 0.15) is 19.3 Å². The molecule has 2 aliphatic heterocycles. The van der Waals surface area contributed by atoms with E-state index in [1.807, 2.05) is 22.9 Å². The predicted molar refractivity (Wildman–Crippen MR) is 88.3 cm³/mol. The third kappa shape index (κ3) is 3.52. The van der Waals surface area contributed by atoms with Crippen molar-refractivity contribution in [1.29, 1.82) is 0 Å². The zero-order chi connectivity index (χ0) is 15.5. The third-order valence-electron chi connectivity index (χ3n) is 4.67. The van der Waals surface area contributed by atoms with Gasteiger partial charge in [0.25, 0.3) is 0 Å². The van der Waals surface area contributed by atoms with Crippen molar-refractivity contribution in [3.63, 3.8) is 0 Å². The van der Waals surface area contributed by atoms with Crippen LogP contribution in [0.2, 0.25) is 5.02 Å². The van der Waals surface area contributed by atoms with Gasteiger partial charge in [-0.1, -0.05) is 18.0 Å². The average Bonchev–Trinajstić information content (AvgIpc) is 2.55. The number of amides is 1. The van der Waals surface area contributed by atoms with Gasteiger partial charge in [0.1, 0.15) is 5.82 Å². The fraction of sp³-hybridized carbons (Fsp3) is 0.625. The molecule has 0 aliphatic carbocycles. The van der Waals surface area contributed by atoms with Crippen molar-refractivity contribution in [2.75, 3.05) is 44.7 Å². The van der Waals surface area contributed by atoms with E-state index in [9.17, 15) is 4.79 Å².